The molecule has 5 nitrogen and oxygen atoms in total. The van der Waals surface area contributed by atoms with Crippen LogP contribution in [0.4, 0.5) is 4.39 Å². The molecule has 1 amide bonds. The normalized spacial score (nSPS) is 18.4. The standard InChI is InChI=1S/C18H24FNO4S/c1-3-24-18(22)16(13-5-4-8-23-10-13)20-17(21)12-6-7-15(19)14(9-12)11-25-2/h6-7,9,13,16H,3-5,8,10-11H2,1-2H3,(H,20,21)/t13-,16+/m1/s1. The lowest BCUT2D eigenvalue weighted by Gasteiger charge is -2.29. The lowest BCUT2D eigenvalue weighted by atomic mass is 9.93. The summed E-state index contributed by atoms with van der Waals surface area (Å²) in [5.41, 5.74) is 0.797. The molecule has 1 fully saturated rings. The molecule has 0 bridgehead atoms. The average Bonchev–Trinajstić information content (AvgIpc) is 2.62. The number of carbonyl (C=O) groups excluding carboxylic acids is 2. The van der Waals surface area contributed by atoms with Gasteiger partial charge in [0.15, 0.2) is 0 Å². The molecule has 1 aliphatic rings. The Balaban J connectivity index is 2.15. The van der Waals surface area contributed by atoms with E-state index in [9.17, 15) is 14.0 Å². The number of benzene rings is 1. The summed E-state index contributed by atoms with van der Waals surface area (Å²) >= 11 is 1.48. The predicted octanol–water partition coefficient (Wildman–Crippen LogP) is 2.78. The molecule has 1 aromatic carbocycles. The van der Waals surface area contributed by atoms with Gasteiger partial charge in [-0.2, -0.15) is 11.8 Å². The van der Waals surface area contributed by atoms with Crippen LogP contribution < -0.4 is 5.32 Å². The number of rotatable bonds is 7. The summed E-state index contributed by atoms with van der Waals surface area (Å²) in [6, 6.07) is 3.47. The van der Waals surface area contributed by atoms with E-state index >= 15 is 0 Å². The molecule has 0 saturated carbocycles. The number of halogens is 1. The Morgan fingerprint density at radius 1 is 1.48 bits per heavy atom. The van der Waals surface area contributed by atoms with Crippen molar-refractivity contribution >= 4 is 23.6 Å². The van der Waals surface area contributed by atoms with Gasteiger partial charge < -0.3 is 14.8 Å². The number of nitrogens with one attached hydrogen (secondary N) is 1. The first-order chi connectivity index (χ1) is 12.1. The minimum atomic E-state index is -0.762. The van der Waals surface area contributed by atoms with Gasteiger partial charge in [-0.25, -0.2) is 9.18 Å². The topological polar surface area (TPSA) is 64.6 Å². The van der Waals surface area contributed by atoms with Gasteiger partial charge in [0.05, 0.1) is 13.2 Å². The Morgan fingerprint density at radius 2 is 2.28 bits per heavy atom. The molecular weight excluding hydrogens is 345 g/mol. The van der Waals surface area contributed by atoms with E-state index in [1.54, 1.807) is 6.92 Å². The van der Waals surface area contributed by atoms with Gasteiger partial charge in [-0.15, -0.1) is 0 Å². The monoisotopic (exact) mass is 369 g/mol. The van der Waals surface area contributed by atoms with Crippen molar-refractivity contribution in [1.82, 2.24) is 5.32 Å². The largest absolute Gasteiger partial charge is 0.464 e. The van der Waals surface area contributed by atoms with Crippen LogP contribution in [0.3, 0.4) is 0 Å². The summed E-state index contributed by atoms with van der Waals surface area (Å²) in [6.45, 7) is 3.04. The van der Waals surface area contributed by atoms with E-state index in [-0.39, 0.29) is 18.3 Å². The van der Waals surface area contributed by atoms with Gasteiger partial charge in [0.1, 0.15) is 11.9 Å². The van der Waals surface area contributed by atoms with Crippen molar-refractivity contribution in [3.8, 4) is 0 Å². The van der Waals surface area contributed by atoms with Gasteiger partial charge in [-0.3, -0.25) is 4.79 Å². The number of hydrogen-bond acceptors (Lipinski definition) is 5. The molecular formula is C18H24FNO4S. The highest BCUT2D eigenvalue weighted by atomic mass is 32.2. The second kappa shape index (κ2) is 9.77. The molecule has 0 spiro atoms. The van der Waals surface area contributed by atoms with Crippen LogP contribution in [0.15, 0.2) is 18.2 Å². The minimum absolute atomic E-state index is 0.122. The van der Waals surface area contributed by atoms with E-state index in [0.717, 1.165) is 12.8 Å². The van der Waals surface area contributed by atoms with Crippen LogP contribution in [0.2, 0.25) is 0 Å². The van der Waals surface area contributed by atoms with E-state index in [1.165, 1.54) is 30.0 Å². The van der Waals surface area contributed by atoms with E-state index in [1.807, 2.05) is 6.26 Å². The maximum absolute atomic E-state index is 13.8. The van der Waals surface area contributed by atoms with Crippen LogP contribution in [0.25, 0.3) is 0 Å². The summed E-state index contributed by atoms with van der Waals surface area (Å²) in [5, 5.41) is 2.75. The number of ether oxygens (including phenoxy) is 2. The molecule has 2 rings (SSSR count). The third-order valence-corrected chi connectivity index (χ3v) is 4.70. The Morgan fingerprint density at radius 3 is 2.92 bits per heavy atom. The molecule has 1 saturated heterocycles. The van der Waals surface area contributed by atoms with Crippen LogP contribution in [0.5, 0.6) is 0 Å². The Bertz CT molecular complexity index is 605. The summed E-state index contributed by atoms with van der Waals surface area (Å²) < 4.78 is 24.3. The fourth-order valence-corrected chi connectivity index (χ4v) is 3.37. The number of carbonyl (C=O) groups is 2. The van der Waals surface area contributed by atoms with Crippen molar-refractivity contribution in [2.24, 2.45) is 5.92 Å². The van der Waals surface area contributed by atoms with Crippen LogP contribution in [0.1, 0.15) is 35.7 Å². The number of thioether (sulfide) groups is 1. The molecule has 0 radical (unpaired) electrons. The smallest absolute Gasteiger partial charge is 0.329 e. The van der Waals surface area contributed by atoms with Crippen LogP contribution in [-0.2, 0) is 20.0 Å². The molecule has 138 valence electrons. The first kappa shape index (κ1) is 19.7. The maximum Gasteiger partial charge on any atom is 0.329 e. The fraction of sp³-hybridized carbons (Fsp3) is 0.556. The zero-order valence-electron chi connectivity index (χ0n) is 14.5. The van der Waals surface area contributed by atoms with Crippen molar-refractivity contribution in [2.75, 3.05) is 26.1 Å². The molecule has 0 unspecified atom stereocenters. The van der Waals surface area contributed by atoms with Crippen molar-refractivity contribution in [3.63, 3.8) is 0 Å². The lowest BCUT2D eigenvalue weighted by Crippen LogP contribution is -2.49. The first-order valence-corrected chi connectivity index (χ1v) is 9.78. The molecule has 1 aromatic rings. The highest BCUT2D eigenvalue weighted by molar-refractivity contribution is 7.97. The van der Waals surface area contributed by atoms with E-state index in [4.69, 9.17) is 9.47 Å². The average molecular weight is 369 g/mol. The first-order valence-electron chi connectivity index (χ1n) is 8.39. The van der Waals surface area contributed by atoms with Crippen LogP contribution in [0, 0.1) is 11.7 Å². The number of hydrogen-bond donors (Lipinski definition) is 1. The van der Waals surface area contributed by atoms with Crippen LogP contribution in [-0.4, -0.2) is 44.0 Å². The predicted molar refractivity (Wildman–Crippen MR) is 95.0 cm³/mol. The molecule has 0 aliphatic carbocycles. The highest BCUT2D eigenvalue weighted by Crippen LogP contribution is 2.20. The molecule has 25 heavy (non-hydrogen) atoms. The Hall–Kier alpha value is -1.60. The van der Waals surface area contributed by atoms with E-state index < -0.39 is 17.9 Å². The van der Waals surface area contributed by atoms with Crippen molar-refractivity contribution in [2.45, 2.75) is 31.6 Å². The van der Waals surface area contributed by atoms with Crippen molar-refractivity contribution < 1.29 is 23.5 Å². The zero-order chi connectivity index (χ0) is 18.2. The third kappa shape index (κ3) is 5.44. The van der Waals surface area contributed by atoms with Gasteiger partial charge in [-0.05, 0) is 49.8 Å². The SMILES string of the molecule is CCOC(=O)[C@@H](NC(=O)c1ccc(F)c(CSC)c1)[C@@H]1CCCOC1. The summed E-state index contributed by atoms with van der Waals surface area (Å²) in [7, 11) is 0. The summed E-state index contributed by atoms with van der Waals surface area (Å²) in [4.78, 5) is 24.9. The van der Waals surface area contributed by atoms with Crippen molar-refractivity contribution in [1.29, 1.82) is 0 Å². The minimum Gasteiger partial charge on any atom is -0.464 e. The quantitative estimate of drug-likeness (QED) is 0.749. The zero-order valence-corrected chi connectivity index (χ0v) is 15.4. The van der Waals surface area contributed by atoms with Gasteiger partial charge in [0.25, 0.3) is 5.91 Å². The summed E-state index contributed by atoms with van der Waals surface area (Å²) in [6.07, 6.45) is 3.49. The Kier molecular flexibility index (Phi) is 7.71. The molecule has 1 aliphatic heterocycles. The highest BCUT2D eigenvalue weighted by Gasteiger charge is 2.33. The molecule has 1 heterocycles. The van der Waals surface area contributed by atoms with E-state index in [0.29, 0.717) is 30.1 Å². The maximum atomic E-state index is 13.8. The van der Waals surface area contributed by atoms with Crippen LogP contribution >= 0.6 is 11.8 Å². The molecule has 1 N–H and O–H groups in total. The Labute approximate surface area is 151 Å². The number of esters is 1. The fourth-order valence-electron chi connectivity index (χ4n) is 2.84. The molecule has 0 aromatic heterocycles. The lowest BCUT2D eigenvalue weighted by molar-refractivity contribution is -0.148. The molecule has 2 atom stereocenters. The third-order valence-electron chi connectivity index (χ3n) is 4.10. The van der Waals surface area contributed by atoms with Gasteiger partial charge in [-0.1, -0.05) is 0 Å². The van der Waals surface area contributed by atoms with E-state index in [2.05, 4.69) is 5.32 Å². The molecule has 7 heteroatoms. The second-order valence-corrected chi connectivity index (χ2v) is 6.79. The number of amides is 1. The second-order valence-electron chi connectivity index (χ2n) is 5.92. The van der Waals surface area contributed by atoms with Gasteiger partial charge in [0, 0.05) is 23.8 Å². The van der Waals surface area contributed by atoms with Gasteiger partial charge in [0.2, 0.25) is 0 Å². The summed E-state index contributed by atoms with van der Waals surface area (Å²) in [5.74, 6) is -0.856. The van der Waals surface area contributed by atoms with Crippen molar-refractivity contribution in [3.05, 3.63) is 35.1 Å². The van der Waals surface area contributed by atoms with Gasteiger partial charge >= 0.3 is 5.97 Å².